The van der Waals surface area contributed by atoms with Gasteiger partial charge in [0, 0.05) is 23.7 Å². The molecule has 2 heterocycles. The number of aryl methyl sites for hydroxylation is 1. The maximum absolute atomic E-state index is 13.3. The molecule has 8 heteroatoms. The summed E-state index contributed by atoms with van der Waals surface area (Å²) in [7, 11) is -3.20. The normalized spacial score (nSPS) is 17.9. The molecule has 0 aliphatic carbocycles. The van der Waals surface area contributed by atoms with Gasteiger partial charge < -0.3 is 9.32 Å². The summed E-state index contributed by atoms with van der Waals surface area (Å²) in [5.41, 5.74) is 1.83. The number of benzene rings is 2. The van der Waals surface area contributed by atoms with Crippen LogP contribution < -0.4 is 5.43 Å². The van der Waals surface area contributed by atoms with E-state index in [1.807, 2.05) is 31.2 Å². The number of halogens is 1. The number of rotatable bonds is 4. The molecule has 4 rings (SSSR count). The van der Waals surface area contributed by atoms with Crippen LogP contribution in [0.5, 0.6) is 0 Å². The highest BCUT2D eigenvalue weighted by molar-refractivity contribution is 7.91. The topological polar surface area (TPSA) is 84.7 Å². The van der Waals surface area contributed by atoms with Crippen molar-refractivity contribution in [2.24, 2.45) is 0 Å². The largest absolute Gasteiger partial charge is 0.451 e. The van der Waals surface area contributed by atoms with Gasteiger partial charge in [-0.1, -0.05) is 41.4 Å². The Kier molecular flexibility index (Phi) is 5.42. The van der Waals surface area contributed by atoms with E-state index in [1.54, 1.807) is 12.1 Å². The van der Waals surface area contributed by atoms with Crippen molar-refractivity contribution in [3.8, 4) is 0 Å². The molecular formula is C22H20ClNO5S. The Morgan fingerprint density at radius 2 is 1.90 bits per heavy atom. The van der Waals surface area contributed by atoms with Crippen LogP contribution in [0.25, 0.3) is 11.0 Å². The van der Waals surface area contributed by atoms with Crippen molar-refractivity contribution in [1.82, 2.24) is 4.90 Å². The molecule has 0 bridgehead atoms. The number of amides is 1. The van der Waals surface area contributed by atoms with Crippen LogP contribution >= 0.6 is 11.6 Å². The smallest absolute Gasteiger partial charge is 0.290 e. The van der Waals surface area contributed by atoms with Gasteiger partial charge in [0.25, 0.3) is 5.91 Å². The van der Waals surface area contributed by atoms with Gasteiger partial charge in [0.2, 0.25) is 0 Å². The number of nitrogens with zero attached hydrogens (tertiary/aromatic N) is 1. The lowest BCUT2D eigenvalue weighted by molar-refractivity contribution is 0.0648. The second kappa shape index (κ2) is 7.89. The van der Waals surface area contributed by atoms with Crippen molar-refractivity contribution in [2.75, 3.05) is 11.5 Å². The van der Waals surface area contributed by atoms with E-state index < -0.39 is 21.8 Å². The molecule has 0 spiro atoms. The minimum atomic E-state index is -3.20. The average molecular weight is 446 g/mol. The van der Waals surface area contributed by atoms with Gasteiger partial charge in [-0.3, -0.25) is 9.59 Å². The molecule has 0 N–H and O–H groups in total. The zero-order chi connectivity index (χ0) is 21.5. The summed E-state index contributed by atoms with van der Waals surface area (Å²) >= 11 is 5.95. The van der Waals surface area contributed by atoms with Crippen molar-refractivity contribution in [3.05, 3.63) is 80.7 Å². The van der Waals surface area contributed by atoms with Gasteiger partial charge in [-0.15, -0.1) is 0 Å². The van der Waals surface area contributed by atoms with Crippen LogP contribution in [0.3, 0.4) is 0 Å². The van der Waals surface area contributed by atoms with Crippen LogP contribution in [-0.2, 0) is 16.4 Å². The van der Waals surface area contributed by atoms with Gasteiger partial charge >= 0.3 is 0 Å². The van der Waals surface area contributed by atoms with Crippen LogP contribution in [0.1, 0.15) is 28.1 Å². The standard InChI is InChI=1S/C22H20ClNO5S/c1-14-2-4-15(5-3-14)12-24(17-8-9-30(27,28)13-17)22(26)21-11-19(25)18-10-16(23)6-7-20(18)29-21/h2-7,10-11,17H,8-9,12-13H2,1H3/t17-/m0/s1. The minimum absolute atomic E-state index is 0.0372. The Morgan fingerprint density at radius 3 is 2.57 bits per heavy atom. The van der Waals surface area contributed by atoms with Crippen LogP contribution in [-0.4, -0.2) is 36.8 Å². The zero-order valence-electron chi connectivity index (χ0n) is 16.3. The molecule has 156 valence electrons. The van der Waals surface area contributed by atoms with E-state index in [4.69, 9.17) is 16.0 Å². The number of carbonyl (C=O) groups is 1. The molecule has 0 saturated carbocycles. The first kappa shape index (κ1) is 20.6. The molecule has 6 nitrogen and oxygen atoms in total. The zero-order valence-corrected chi connectivity index (χ0v) is 17.9. The number of carbonyl (C=O) groups excluding carboxylic acids is 1. The summed E-state index contributed by atoms with van der Waals surface area (Å²) in [5, 5.41) is 0.679. The number of fused-ring (bicyclic) bond motifs is 1. The van der Waals surface area contributed by atoms with Gasteiger partial charge in [0.05, 0.1) is 16.9 Å². The molecule has 0 unspecified atom stereocenters. The summed E-state index contributed by atoms with van der Waals surface area (Å²) in [6.45, 7) is 2.19. The highest BCUT2D eigenvalue weighted by atomic mass is 35.5. The third-order valence-electron chi connectivity index (χ3n) is 5.28. The number of sulfone groups is 1. The molecule has 1 fully saturated rings. The molecule has 1 aliphatic heterocycles. The Bertz CT molecular complexity index is 1280. The van der Waals surface area contributed by atoms with Gasteiger partial charge in [-0.25, -0.2) is 8.42 Å². The van der Waals surface area contributed by atoms with Crippen LogP contribution in [0.2, 0.25) is 5.02 Å². The Balaban J connectivity index is 1.73. The van der Waals surface area contributed by atoms with E-state index in [9.17, 15) is 18.0 Å². The van der Waals surface area contributed by atoms with Gasteiger partial charge in [0.1, 0.15) is 5.58 Å². The molecule has 1 aromatic heterocycles. The Hall–Kier alpha value is -2.64. The fourth-order valence-corrected chi connectivity index (χ4v) is 5.56. The van der Waals surface area contributed by atoms with Crippen LogP contribution in [0, 0.1) is 6.92 Å². The molecule has 2 aromatic carbocycles. The van der Waals surface area contributed by atoms with Crippen LogP contribution in [0.4, 0.5) is 0 Å². The molecule has 1 saturated heterocycles. The van der Waals surface area contributed by atoms with E-state index >= 15 is 0 Å². The summed E-state index contributed by atoms with van der Waals surface area (Å²) in [4.78, 5) is 27.4. The first-order valence-electron chi connectivity index (χ1n) is 9.52. The molecule has 1 aliphatic rings. The summed E-state index contributed by atoms with van der Waals surface area (Å²) < 4.78 is 29.8. The number of hydrogen-bond acceptors (Lipinski definition) is 5. The van der Waals surface area contributed by atoms with Gasteiger partial charge in [-0.05, 0) is 37.1 Å². The van der Waals surface area contributed by atoms with E-state index in [0.717, 1.165) is 17.2 Å². The van der Waals surface area contributed by atoms with E-state index in [2.05, 4.69) is 0 Å². The van der Waals surface area contributed by atoms with Crippen molar-refractivity contribution < 1.29 is 17.6 Å². The van der Waals surface area contributed by atoms with Crippen molar-refractivity contribution >= 4 is 38.3 Å². The van der Waals surface area contributed by atoms with E-state index in [0.29, 0.717) is 11.4 Å². The first-order valence-corrected chi connectivity index (χ1v) is 11.7. The maximum atomic E-state index is 13.3. The maximum Gasteiger partial charge on any atom is 0.290 e. The summed E-state index contributed by atoms with van der Waals surface area (Å²) in [6, 6.07) is 12.9. The predicted molar refractivity (Wildman–Crippen MR) is 116 cm³/mol. The van der Waals surface area contributed by atoms with Crippen LogP contribution in [0.15, 0.2) is 57.7 Å². The SMILES string of the molecule is Cc1ccc(CN(C(=O)c2cc(=O)c3cc(Cl)ccc3o2)[C@H]2CCS(=O)(=O)C2)cc1. The molecule has 0 radical (unpaired) electrons. The van der Waals surface area contributed by atoms with Gasteiger partial charge in [-0.2, -0.15) is 0 Å². The highest BCUT2D eigenvalue weighted by Crippen LogP contribution is 2.24. The lowest BCUT2D eigenvalue weighted by Gasteiger charge is -2.28. The summed E-state index contributed by atoms with van der Waals surface area (Å²) in [5.74, 6) is -0.689. The second-order valence-electron chi connectivity index (χ2n) is 7.59. The van der Waals surface area contributed by atoms with E-state index in [1.165, 1.54) is 11.0 Å². The molecule has 30 heavy (non-hydrogen) atoms. The van der Waals surface area contributed by atoms with E-state index in [-0.39, 0.29) is 40.2 Å². The lowest BCUT2D eigenvalue weighted by atomic mass is 10.1. The fourth-order valence-electron chi connectivity index (χ4n) is 3.65. The second-order valence-corrected chi connectivity index (χ2v) is 10.3. The average Bonchev–Trinajstić information content (AvgIpc) is 3.07. The minimum Gasteiger partial charge on any atom is -0.451 e. The molecular weight excluding hydrogens is 426 g/mol. The lowest BCUT2D eigenvalue weighted by Crippen LogP contribution is -2.40. The third-order valence-corrected chi connectivity index (χ3v) is 7.27. The quantitative estimate of drug-likeness (QED) is 0.612. The monoisotopic (exact) mass is 445 g/mol. The Labute approximate surface area is 179 Å². The predicted octanol–water partition coefficient (Wildman–Crippen LogP) is 3.58. The molecule has 1 atom stereocenters. The van der Waals surface area contributed by atoms with Gasteiger partial charge in [0.15, 0.2) is 21.0 Å². The third kappa shape index (κ3) is 4.27. The van der Waals surface area contributed by atoms with Crippen molar-refractivity contribution in [1.29, 1.82) is 0 Å². The molecule has 1 amide bonds. The fraction of sp³-hybridized carbons (Fsp3) is 0.273. The Morgan fingerprint density at radius 1 is 1.17 bits per heavy atom. The molecule has 3 aromatic rings. The van der Waals surface area contributed by atoms with Crippen molar-refractivity contribution in [2.45, 2.75) is 25.9 Å². The van der Waals surface area contributed by atoms with Crippen molar-refractivity contribution in [3.63, 3.8) is 0 Å². The highest BCUT2D eigenvalue weighted by Gasteiger charge is 2.36. The summed E-state index contributed by atoms with van der Waals surface area (Å²) in [6.07, 6.45) is 0.355. The first-order chi connectivity index (χ1) is 14.2. The number of hydrogen-bond donors (Lipinski definition) is 0.